The molecule has 0 aromatic heterocycles. The number of carbonyl (C=O) groups excluding carboxylic acids is 2. The lowest BCUT2D eigenvalue weighted by molar-refractivity contribution is 0.0673. The van der Waals surface area contributed by atoms with Crippen molar-refractivity contribution in [3.05, 3.63) is 12.2 Å². The predicted octanol–water partition coefficient (Wildman–Crippen LogP) is 1.11. The lowest BCUT2D eigenvalue weighted by Gasteiger charge is -2.06. The maximum Gasteiger partial charge on any atom is 0.508 e. The molecule has 0 radical (unpaired) electrons. The summed E-state index contributed by atoms with van der Waals surface area (Å²) in [4.78, 5) is 21.0. The van der Waals surface area contributed by atoms with Crippen LogP contribution >= 0.6 is 0 Å². The average molecular weight is 204 g/mol. The highest BCUT2D eigenvalue weighted by molar-refractivity contribution is 5.60. The third kappa shape index (κ3) is 5.87. The Morgan fingerprint density at radius 3 is 1.64 bits per heavy atom. The Morgan fingerprint density at radius 1 is 1.00 bits per heavy atom. The van der Waals surface area contributed by atoms with E-state index in [-0.39, 0.29) is 13.2 Å². The second kappa shape index (κ2) is 6.76. The van der Waals surface area contributed by atoms with Crippen molar-refractivity contribution in [2.75, 3.05) is 27.4 Å². The second-order valence-corrected chi connectivity index (χ2v) is 2.24. The third-order valence-electron chi connectivity index (χ3n) is 1.12. The first-order valence-electron chi connectivity index (χ1n) is 3.68. The van der Waals surface area contributed by atoms with Crippen LogP contribution in [-0.2, 0) is 18.9 Å². The summed E-state index contributed by atoms with van der Waals surface area (Å²) in [6, 6.07) is 0. The SMILES string of the molecule is C=C(COC(=O)OC)COC(=O)OC. The summed E-state index contributed by atoms with van der Waals surface area (Å²) in [5, 5.41) is 0. The Kier molecular flexibility index (Phi) is 5.93. The molecule has 0 fully saturated rings. The van der Waals surface area contributed by atoms with E-state index in [1.807, 2.05) is 0 Å². The molecule has 80 valence electrons. The van der Waals surface area contributed by atoms with Crippen molar-refractivity contribution in [3.8, 4) is 0 Å². The summed E-state index contributed by atoms with van der Waals surface area (Å²) in [6.07, 6.45) is -1.63. The van der Waals surface area contributed by atoms with E-state index in [9.17, 15) is 9.59 Å². The van der Waals surface area contributed by atoms with Crippen molar-refractivity contribution in [3.63, 3.8) is 0 Å². The summed E-state index contributed by atoms with van der Waals surface area (Å²) in [5.41, 5.74) is 0.417. The van der Waals surface area contributed by atoms with Gasteiger partial charge in [0.15, 0.2) is 0 Å². The number of rotatable bonds is 4. The van der Waals surface area contributed by atoms with Gasteiger partial charge in [-0.05, 0) is 5.57 Å². The molecule has 0 heterocycles. The van der Waals surface area contributed by atoms with Gasteiger partial charge in [0.2, 0.25) is 0 Å². The summed E-state index contributed by atoms with van der Waals surface area (Å²) in [7, 11) is 2.38. The molecule has 0 aliphatic carbocycles. The van der Waals surface area contributed by atoms with Crippen molar-refractivity contribution >= 4 is 12.3 Å². The average Bonchev–Trinajstić information content (AvgIpc) is 2.22. The van der Waals surface area contributed by atoms with Crippen LogP contribution in [-0.4, -0.2) is 39.7 Å². The van der Waals surface area contributed by atoms with Crippen molar-refractivity contribution < 1.29 is 28.5 Å². The molecule has 0 amide bonds. The number of hydrogen-bond donors (Lipinski definition) is 0. The highest BCUT2D eigenvalue weighted by Crippen LogP contribution is 1.95. The minimum absolute atomic E-state index is 0.0658. The quantitative estimate of drug-likeness (QED) is 0.504. The first-order chi connectivity index (χ1) is 6.60. The Morgan fingerprint density at radius 2 is 1.36 bits per heavy atom. The Balaban J connectivity index is 3.56. The molecule has 0 saturated heterocycles. The summed E-state index contributed by atoms with van der Waals surface area (Å²) < 4.78 is 17.5. The van der Waals surface area contributed by atoms with Gasteiger partial charge < -0.3 is 18.9 Å². The molecule has 0 bridgehead atoms. The molecular formula is C8H12O6. The summed E-state index contributed by atoms with van der Waals surface area (Å²) >= 11 is 0. The van der Waals surface area contributed by atoms with E-state index in [0.29, 0.717) is 5.57 Å². The number of ether oxygens (including phenoxy) is 4. The fourth-order valence-corrected chi connectivity index (χ4v) is 0.481. The van der Waals surface area contributed by atoms with Crippen LogP contribution in [0.15, 0.2) is 12.2 Å². The van der Waals surface area contributed by atoms with Gasteiger partial charge in [-0.25, -0.2) is 9.59 Å². The van der Waals surface area contributed by atoms with Gasteiger partial charge >= 0.3 is 12.3 Å². The van der Waals surface area contributed by atoms with Crippen molar-refractivity contribution in [1.82, 2.24) is 0 Å². The van der Waals surface area contributed by atoms with Crippen LogP contribution in [0.5, 0.6) is 0 Å². The third-order valence-corrected chi connectivity index (χ3v) is 1.12. The van der Waals surface area contributed by atoms with E-state index in [2.05, 4.69) is 25.5 Å². The molecule has 0 aliphatic heterocycles. The maximum absolute atomic E-state index is 10.5. The van der Waals surface area contributed by atoms with Gasteiger partial charge in [-0.2, -0.15) is 0 Å². The molecule has 0 N–H and O–H groups in total. The van der Waals surface area contributed by atoms with Crippen molar-refractivity contribution in [2.45, 2.75) is 0 Å². The largest absolute Gasteiger partial charge is 0.508 e. The van der Waals surface area contributed by atoms with Gasteiger partial charge in [0, 0.05) is 0 Å². The normalized spacial score (nSPS) is 8.71. The van der Waals surface area contributed by atoms with Gasteiger partial charge in [-0.3, -0.25) is 0 Å². The fourth-order valence-electron chi connectivity index (χ4n) is 0.481. The molecule has 0 unspecified atom stereocenters. The molecule has 6 heteroatoms. The van der Waals surface area contributed by atoms with Crippen LogP contribution in [0.2, 0.25) is 0 Å². The van der Waals surface area contributed by atoms with Crippen LogP contribution in [0.25, 0.3) is 0 Å². The second-order valence-electron chi connectivity index (χ2n) is 2.24. The standard InChI is InChI=1S/C8H12O6/c1-6(4-13-7(9)11-2)5-14-8(10)12-3/h1,4-5H2,2-3H3. The smallest absolute Gasteiger partial charge is 0.438 e. The molecule has 0 aromatic rings. The molecule has 0 saturated carbocycles. The number of carbonyl (C=O) groups is 2. The monoisotopic (exact) mass is 204 g/mol. The number of hydrogen-bond acceptors (Lipinski definition) is 6. The van der Waals surface area contributed by atoms with Crippen LogP contribution < -0.4 is 0 Å². The van der Waals surface area contributed by atoms with E-state index in [1.54, 1.807) is 0 Å². The van der Waals surface area contributed by atoms with Crippen LogP contribution in [0.4, 0.5) is 9.59 Å². The van der Waals surface area contributed by atoms with Gasteiger partial charge in [0.1, 0.15) is 13.2 Å². The van der Waals surface area contributed by atoms with E-state index < -0.39 is 12.3 Å². The van der Waals surface area contributed by atoms with E-state index >= 15 is 0 Å². The van der Waals surface area contributed by atoms with E-state index in [1.165, 1.54) is 14.2 Å². The summed E-state index contributed by atoms with van der Waals surface area (Å²) in [5.74, 6) is 0. The zero-order chi connectivity index (χ0) is 11.0. The first kappa shape index (κ1) is 12.3. The van der Waals surface area contributed by atoms with Crippen LogP contribution in [0.3, 0.4) is 0 Å². The Labute approximate surface area is 81.4 Å². The van der Waals surface area contributed by atoms with E-state index in [4.69, 9.17) is 0 Å². The minimum atomic E-state index is -0.816. The predicted molar refractivity (Wildman–Crippen MR) is 45.9 cm³/mol. The lowest BCUT2D eigenvalue weighted by atomic mass is 10.3. The Hall–Kier alpha value is -1.72. The molecule has 0 rings (SSSR count). The highest BCUT2D eigenvalue weighted by Gasteiger charge is 2.05. The molecule has 0 spiro atoms. The van der Waals surface area contributed by atoms with Crippen molar-refractivity contribution in [2.24, 2.45) is 0 Å². The number of methoxy groups -OCH3 is 2. The maximum atomic E-state index is 10.5. The van der Waals surface area contributed by atoms with E-state index in [0.717, 1.165) is 0 Å². The molecular weight excluding hydrogens is 192 g/mol. The minimum Gasteiger partial charge on any atom is -0.438 e. The summed E-state index contributed by atoms with van der Waals surface area (Å²) in [6.45, 7) is 3.37. The van der Waals surface area contributed by atoms with Gasteiger partial charge in [-0.1, -0.05) is 6.58 Å². The molecule has 0 aliphatic rings. The topological polar surface area (TPSA) is 71.1 Å². The van der Waals surface area contributed by atoms with Crippen LogP contribution in [0.1, 0.15) is 0 Å². The van der Waals surface area contributed by atoms with Gasteiger partial charge in [0.25, 0.3) is 0 Å². The lowest BCUT2D eigenvalue weighted by Crippen LogP contribution is -2.12. The van der Waals surface area contributed by atoms with Crippen molar-refractivity contribution in [1.29, 1.82) is 0 Å². The molecule has 6 nitrogen and oxygen atoms in total. The highest BCUT2D eigenvalue weighted by atomic mass is 16.7. The zero-order valence-corrected chi connectivity index (χ0v) is 8.07. The van der Waals surface area contributed by atoms with Crippen LogP contribution in [0, 0.1) is 0 Å². The first-order valence-corrected chi connectivity index (χ1v) is 3.68. The molecule has 0 atom stereocenters. The molecule has 0 aromatic carbocycles. The van der Waals surface area contributed by atoms with Gasteiger partial charge in [-0.15, -0.1) is 0 Å². The molecule has 14 heavy (non-hydrogen) atoms. The Bertz CT molecular complexity index is 200. The fraction of sp³-hybridized carbons (Fsp3) is 0.500. The zero-order valence-electron chi connectivity index (χ0n) is 8.07. The van der Waals surface area contributed by atoms with Gasteiger partial charge in [0.05, 0.1) is 14.2 Å².